The van der Waals surface area contributed by atoms with Crippen LogP contribution < -0.4 is 19.7 Å². The Labute approximate surface area is 182 Å². The van der Waals surface area contributed by atoms with E-state index in [-0.39, 0.29) is 0 Å². The van der Waals surface area contributed by atoms with Crippen molar-refractivity contribution in [2.75, 3.05) is 51.3 Å². The van der Waals surface area contributed by atoms with E-state index in [0.717, 1.165) is 50.2 Å². The monoisotopic (exact) mass is 432 g/mol. The van der Waals surface area contributed by atoms with Crippen molar-refractivity contribution in [1.29, 1.82) is 0 Å². The molecule has 1 aliphatic heterocycles. The molecule has 0 saturated carbocycles. The van der Waals surface area contributed by atoms with Crippen LogP contribution in [0.5, 0.6) is 11.5 Å². The zero-order valence-electron chi connectivity index (χ0n) is 17.8. The molecule has 0 spiro atoms. The average Bonchev–Trinajstić information content (AvgIpc) is 2.79. The van der Waals surface area contributed by atoms with Crippen LogP contribution in [-0.4, -0.2) is 67.3 Å². The maximum absolute atomic E-state index is 6.39. The summed E-state index contributed by atoms with van der Waals surface area (Å²) in [6.07, 6.45) is 3.55. The van der Waals surface area contributed by atoms with Crippen LogP contribution in [0, 0.1) is 0 Å². The van der Waals surface area contributed by atoms with Crippen LogP contribution in [-0.2, 0) is 6.54 Å². The van der Waals surface area contributed by atoms with E-state index >= 15 is 0 Å². The van der Waals surface area contributed by atoms with Crippen molar-refractivity contribution in [3.63, 3.8) is 0 Å². The Morgan fingerprint density at radius 3 is 2.53 bits per heavy atom. The summed E-state index contributed by atoms with van der Waals surface area (Å²) in [6, 6.07) is 5.64. The van der Waals surface area contributed by atoms with Crippen molar-refractivity contribution in [3.05, 3.63) is 41.2 Å². The fraction of sp³-hybridized carbons (Fsp3) is 0.476. The van der Waals surface area contributed by atoms with Gasteiger partial charge in [-0.1, -0.05) is 11.6 Å². The first kappa shape index (κ1) is 22.0. The molecule has 1 aliphatic rings. The van der Waals surface area contributed by atoms with Crippen LogP contribution in [0.1, 0.15) is 19.4 Å². The lowest BCUT2D eigenvalue weighted by atomic mass is 10.2. The number of hydrogen-bond donors (Lipinski definition) is 1. The predicted octanol–water partition coefficient (Wildman–Crippen LogP) is 2.83. The number of benzene rings is 1. The topological polar surface area (TPSA) is 75.1 Å². The third kappa shape index (κ3) is 5.44. The lowest BCUT2D eigenvalue weighted by Crippen LogP contribution is -2.52. The summed E-state index contributed by atoms with van der Waals surface area (Å²) < 4.78 is 11.0. The molecule has 1 aromatic carbocycles. The van der Waals surface area contributed by atoms with Crippen LogP contribution in [0.15, 0.2) is 35.6 Å². The van der Waals surface area contributed by atoms with E-state index < -0.39 is 0 Å². The molecule has 1 saturated heterocycles. The predicted molar refractivity (Wildman–Crippen MR) is 120 cm³/mol. The van der Waals surface area contributed by atoms with Crippen LogP contribution in [0.2, 0.25) is 5.02 Å². The lowest BCUT2D eigenvalue weighted by molar-refractivity contribution is 0.311. The molecule has 0 aliphatic carbocycles. The summed E-state index contributed by atoms with van der Waals surface area (Å²) in [6.45, 7) is 9.18. The maximum atomic E-state index is 6.39. The number of nitrogens with one attached hydrogen (secondary N) is 1. The van der Waals surface area contributed by atoms with Crippen LogP contribution >= 0.6 is 11.6 Å². The molecule has 162 valence electrons. The highest BCUT2D eigenvalue weighted by Gasteiger charge is 2.21. The Balaban J connectivity index is 1.69. The summed E-state index contributed by atoms with van der Waals surface area (Å²) in [5.74, 6) is 2.85. The zero-order chi connectivity index (χ0) is 21.3. The van der Waals surface area contributed by atoms with Gasteiger partial charge < -0.3 is 24.6 Å². The van der Waals surface area contributed by atoms with Crippen molar-refractivity contribution in [2.24, 2.45) is 4.99 Å². The summed E-state index contributed by atoms with van der Waals surface area (Å²) >= 11 is 6.39. The van der Waals surface area contributed by atoms with Gasteiger partial charge in [0.05, 0.1) is 25.3 Å². The summed E-state index contributed by atoms with van der Waals surface area (Å²) in [5, 5.41) is 3.92. The standard InChI is InChI=1S/C21H29ClN6O2/c1-4-23-20(27-9-11-28(12-10-27)21-24-7-6-8-25-21)26-15-16-13-17(22)19(30-5-2)18(14-16)29-3/h6-8,13-14H,4-5,9-12,15H2,1-3H3,(H,23,26). The molecule has 9 heteroatoms. The molecule has 1 N–H and O–H groups in total. The minimum atomic E-state index is 0.493. The highest BCUT2D eigenvalue weighted by molar-refractivity contribution is 6.32. The zero-order valence-corrected chi connectivity index (χ0v) is 18.5. The molecule has 0 amide bonds. The van der Waals surface area contributed by atoms with Gasteiger partial charge in [0, 0.05) is 45.1 Å². The van der Waals surface area contributed by atoms with Gasteiger partial charge in [-0.25, -0.2) is 15.0 Å². The largest absolute Gasteiger partial charge is 0.493 e. The van der Waals surface area contributed by atoms with Gasteiger partial charge in [0.25, 0.3) is 0 Å². The van der Waals surface area contributed by atoms with Gasteiger partial charge in [-0.05, 0) is 37.6 Å². The highest BCUT2D eigenvalue weighted by Crippen LogP contribution is 2.36. The van der Waals surface area contributed by atoms with Crippen molar-refractivity contribution in [3.8, 4) is 11.5 Å². The van der Waals surface area contributed by atoms with E-state index in [1.54, 1.807) is 19.5 Å². The quantitative estimate of drug-likeness (QED) is 0.532. The lowest BCUT2D eigenvalue weighted by Gasteiger charge is -2.36. The van der Waals surface area contributed by atoms with E-state index in [9.17, 15) is 0 Å². The number of guanidine groups is 1. The number of aliphatic imine (C=N–C) groups is 1. The first-order chi connectivity index (χ1) is 14.7. The number of halogens is 1. The molecule has 1 aromatic heterocycles. The Kier molecular flexibility index (Phi) is 7.96. The summed E-state index contributed by atoms with van der Waals surface area (Å²) in [7, 11) is 1.61. The summed E-state index contributed by atoms with van der Waals surface area (Å²) in [4.78, 5) is 18.0. The molecular formula is C21H29ClN6O2. The minimum absolute atomic E-state index is 0.493. The minimum Gasteiger partial charge on any atom is -0.493 e. The van der Waals surface area contributed by atoms with Crippen molar-refractivity contribution < 1.29 is 9.47 Å². The van der Waals surface area contributed by atoms with Gasteiger partial charge >= 0.3 is 0 Å². The molecule has 0 radical (unpaired) electrons. The number of aromatic nitrogens is 2. The SMILES string of the molecule is CCNC(=NCc1cc(Cl)c(OCC)c(OC)c1)N1CCN(c2ncccn2)CC1. The molecule has 1 fully saturated rings. The number of rotatable bonds is 7. The van der Waals surface area contributed by atoms with Gasteiger partial charge in [-0.15, -0.1) is 0 Å². The van der Waals surface area contributed by atoms with Crippen molar-refractivity contribution in [1.82, 2.24) is 20.2 Å². The summed E-state index contributed by atoms with van der Waals surface area (Å²) in [5.41, 5.74) is 0.965. The first-order valence-electron chi connectivity index (χ1n) is 10.2. The van der Waals surface area contributed by atoms with E-state index in [0.29, 0.717) is 29.7 Å². The van der Waals surface area contributed by atoms with Gasteiger partial charge in [0.15, 0.2) is 17.5 Å². The van der Waals surface area contributed by atoms with Gasteiger partial charge in [-0.2, -0.15) is 0 Å². The number of methoxy groups -OCH3 is 1. The molecule has 0 bridgehead atoms. The van der Waals surface area contributed by atoms with E-state index in [2.05, 4.69) is 32.0 Å². The second kappa shape index (κ2) is 10.9. The molecule has 2 heterocycles. The second-order valence-electron chi connectivity index (χ2n) is 6.74. The molecular weight excluding hydrogens is 404 g/mol. The van der Waals surface area contributed by atoms with Crippen LogP contribution in [0.4, 0.5) is 5.95 Å². The fourth-order valence-electron chi connectivity index (χ4n) is 3.31. The highest BCUT2D eigenvalue weighted by atomic mass is 35.5. The normalized spacial score (nSPS) is 14.6. The molecule has 0 unspecified atom stereocenters. The Bertz CT molecular complexity index is 841. The van der Waals surface area contributed by atoms with Crippen molar-refractivity contribution >= 4 is 23.5 Å². The second-order valence-corrected chi connectivity index (χ2v) is 7.14. The number of piperazine rings is 1. The number of anilines is 1. The maximum Gasteiger partial charge on any atom is 0.225 e. The molecule has 3 rings (SSSR count). The first-order valence-corrected chi connectivity index (χ1v) is 10.6. The third-order valence-electron chi connectivity index (χ3n) is 4.74. The van der Waals surface area contributed by atoms with Crippen molar-refractivity contribution in [2.45, 2.75) is 20.4 Å². The van der Waals surface area contributed by atoms with E-state index in [1.165, 1.54) is 0 Å². The van der Waals surface area contributed by atoms with Crippen LogP contribution in [0.25, 0.3) is 0 Å². The van der Waals surface area contributed by atoms with Gasteiger partial charge in [0.1, 0.15) is 0 Å². The molecule has 2 aromatic rings. The van der Waals surface area contributed by atoms with E-state index in [1.807, 2.05) is 25.1 Å². The fourth-order valence-corrected chi connectivity index (χ4v) is 3.60. The number of ether oxygens (including phenoxy) is 2. The van der Waals surface area contributed by atoms with E-state index in [4.69, 9.17) is 26.1 Å². The average molecular weight is 433 g/mol. The van der Waals surface area contributed by atoms with Gasteiger partial charge in [-0.3, -0.25) is 0 Å². The Morgan fingerprint density at radius 2 is 1.90 bits per heavy atom. The Morgan fingerprint density at radius 1 is 1.17 bits per heavy atom. The number of nitrogens with zero attached hydrogens (tertiary/aromatic N) is 5. The third-order valence-corrected chi connectivity index (χ3v) is 5.02. The molecule has 0 atom stereocenters. The van der Waals surface area contributed by atoms with Gasteiger partial charge in [0.2, 0.25) is 5.95 Å². The van der Waals surface area contributed by atoms with Crippen LogP contribution in [0.3, 0.4) is 0 Å². The smallest absolute Gasteiger partial charge is 0.225 e. The molecule has 30 heavy (non-hydrogen) atoms. The number of hydrogen-bond acceptors (Lipinski definition) is 6. The molecule has 8 nitrogen and oxygen atoms in total. The Hall–Kier alpha value is -2.74.